The second kappa shape index (κ2) is 55.0. The SMILES string of the molecule is CC(C)C[C@H](NC(=O)CNC(=O)[C@H](Cc1cccs1)NC(=O)[C@H](Cc1ccccc1)NC(=O)[C@H](CCC(N)=O)NC(=O)[C@H](CCC(N)=O)NC(=O)[C@@H]1CCCN1C(=O)[C@H](CCCCN)NC(=O)[C@@H]1CCCN1C(=O)[C@H](CCCN=C(N)N)NC(=O)CN1CCN(CC(=O)[O-])CCN(CC(=O)[O-])CCN(CC(=O)[O-])CC1)C(=O)N[C@@H](CCS(C)(=O)=O)C(N)=O.[Ac]. The maximum Gasteiger partial charge on any atom is 0.245 e. The predicted octanol–water partition coefficient (Wildman–Crippen LogP) is -11.3. The third kappa shape index (κ3) is 40.1. The Hall–Kier alpha value is -9.63. The van der Waals surface area contributed by atoms with Gasteiger partial charge in [-0.2, -0.15) is 0 Å². The molecule has 4 heterocycles. The molecule has 14 amide bonds. The maximum atomic E-state index is 15.0. The zero-order valence-corrected chi connectivity index (χ0v) is 76.6. The molecule has 3 saturated heterocycles. The first-order chi connectivity index (χ1) is 58.2. The molecule has 687 valence electrons. The van der Waals surface area contributed by atoms with Crippen LogP contribution in [0.2, 0.25) is 0 Å². The molecule has 47 heteroatoms. The number of carboxylic acids is 3. The molecule has 1 aromatic heterocycles. The number of carboxylic acid groups (broad SMARTS) is 3. The van der Waals surface area contributed by atoms with Crippen LogP contribution in [0.25, 0.3) is 0 Å². The first kappa shape index (κ1) is 107. The number of guanidine groups is 1. The summed E-state index contributed by atoms with van der Waals surface area (Å²) in [6.07, 6.45) is -0.525. The molecular weight excluding hydrogens is 1880 g/mol. The van der Waals surface area contributed by atoms with E-state index >= 15 is 4.79 Å². The monoisotopic (exact) mass is 1990 g/mol. The molecule has 3 fully saturated rings. The molecule has 0 bridgehead atoms. The van der Waals surface area contributed by atoms with Crippen LogP contribution in [0.15, 0.2) is 52.8 Å². The fourth-order valence-electron chi connectivity index (χ4n) is 14.2. The summed E-state index contributed by atoms with van der Waals surface area (Å²) >= 11 is 1.22. The van der Waals surface area contributed by atoms with Crippen molar-refractivity contribution in [1.82, 2.24) is 77.3 Å². The molecule has 124 heavy (non-hydrogen) atoms. The number of nitrogens with two attached hydrogens (primary N) is 6. The Morgan fingerprint density at radius 3 is 1.37 bits per heavy atom. The number of aliphatic imine (C=N–C) groups is 1. The Morgan fingerprint density at radius 2 is 0.919 bits per heavy atom. The van der Waals surface area contributed by atoms with Crippen molar-refractivity contribution >= 4 is 128 Å². The van der Waals surface area contributed by atoms with E-state index in [9.17, 15) is 100 Å². The van der Waals surface area contributed by atoms with Crippen LogP contribution < -0.4 is 97.6 Å². The molecule has 2 aromatic rings. The average Bonchev–Trinajstić information content (AvgIpc) is 1.64. The number of hydrogen-bond acceptors (Lipinski definition) is 29. The Morgan fingerprint density at radius 1 is 0.484 bits per heavy atom. The van der Waals surface area contributed by atoms with Crippen molar-refractivity contribution in [2.45, 2.75) is 183 Å². The summed E-state index contributed by atoms with van der Waals surface area (Å²) in [5, 5.41) is 60.3. The summed E-state index contributed by atoms with van der Waals surface area (Å²) in [5.41, 5.74) is 34.2. The van der Waals surface area contributed by atoms with Gasteiger partial charge in [0.1, 0.15) is 70.3 Å². The number of nitrogens with zero attached hydrogens (tertiary/aromatic N) is 7. The van der Waals surface area contributed by atoms with Crippen LogP contribution in [-0.4, -0.2) is 328 Å². The van der Waals surface area contributed by atoms with E-state index < -0.39 is 235 Å². The van der Waals surface area contributed by atoms with E-state index in [-0.39, 0.29) is 205 Å². The molecule has 0 unspecified atom stereocenters. The molecule has 3 aliphatic heterocycles. The smallest absolute Gasteiger partial charge is 0.245 e. The van der Waals surface area contributed by atoms with Gasteiger partial charge in [0, 0.05) is 173 Å². The number of rotatable bonds is 51. The van der Waals surface area contributed by atoms with Crippen LogP contribution in [0.3, 0.4) is 0 Å². The van der Waals surface area contributed by atoms with E-state index in [4.69, 9.17) is 34.4 Å². The number of nitrogens with one attached hydrogen (secondary N) is 9. The zero-order chi connectivity index (χ0) is 91.0. The molecule has 0 spiro atoms. The van der Waals surface area contributed by atoms with E-state index in [2.05, 4.69) is 52.8 Å². The van der Waals surface area contributed by atoms with Gasteiger partial charge in [-0.3, -0.25) is 91.7 Å². The first-order valence-electron chi connectivity index (χ1n) is 40.8. The van der Waals surface area contributed by atoms with Crippen molar-refractivity contribution in [3.63, 3.8) is 0 Å². The van der Waals surface area contributed by atoms with Crippen LogP contribution in [0.4, 0.5) is 0 Å². The minimum Gasteiger partial charge on any atom is -0.549 e. The number of benzene rings is 1. The number of likely N-dealkylation sites (tertiary alicyclic amines) is 2. The van der Waals surface area contributed by atoms with Gasteiger partial charge in [-0.1, -0.05) is 50.2 Å². The number of amides is 14. The largest absolute Gasteiger partial charge is 0.549 e. The van der Waals surface area contributed by atoms with E-state index in [0.717, 1.165) is 6.26 Å². The molecule has 1 aromatic carbocycles. The van der Waals surface area contributed by atoms with Crippen LogP contribution in [0.5, 0.6) is 0 Å². The minimum absolute atomic E-state index is 0. The number of aliphatic carboxylic acids is 3. The van der Waals surface area contributed by atoms with Crippen LogP contribution >= 0.6 is 11.3 Å². The van der Waals surface area contributed by atoms with Gasteiger partial charge in [-0.15, -0.1) is 11.3 Å². The number of carbonyl (C=O) groups is 17. The quantitative estimate of drug-likeness (QED) is 0.0166. The van der Waals surface area contributed by atoms with Gasteiger partial charge in [-0.05, 0) is 113 Å². The third-order valence-electron chi connectivity index (χ3n) is 20.6. The summed E-state index contributed by atoms with van der Waals surface area (Å²) in [6, 6.07) is -2.82. The number of carbonyl (C=O) groups excluding carboxylic acids is 17. The number of sulfone groups is 1. The molecule has 1 radical (unpaired) electrons. The molecule has 21 N–H and O–H groups in total. The topological polar surface area (TPSA) is 690 Å². The Kier molecular flexibility index (Phi) is 47.3. The molecule has 0 aliphatic carbocycles. The molecule has 0 saturated carbocycles. The number of unbranched alkanes of at least 4 members (excludes halogenated alkanes) is 1. The van der Waals surface area contributed by atoms with Gasteiger partial charge in [0.2, 0.25) is 82.7 Å². The Balaban J connectivity index is 0.0000323. The normalized spacial score (nSPS) is 17.6. The van der Waals surface area contributed by atoms with Crippen LogP contribution in [0.1, 0.15) is 121 Å². The second-order valence-electron chi connectivity index (χ2n) is 31.1. The zero-order valence-electron chi connectivity index (χ0n) is 70.2. The van der Waals surface area contributed by atoms with Gasteiger partial charge in [-0.25, -0.2) is 8.42 Å². The number of primary amides is 3. The van der Waals surface area contributed by atoms with Crippen LogP contribution in [0, 0.1) is 50.0 Å². The van der Waals surface area contributed by atoms with Crippen molar-refractivity contribution in [2.24, 2.45) is 45.3 Å². The fraction of sp³-hybridized carbons (Fsp3) is 0.636. The van der Waals surface area contributed by atoms with Gasteiger partial charge in [0.05, 0.1) is 36.8 Å². The van der Waals surface area contributed by atoms with Gasteiger partial charge < -0.3 is 122 Å². The summed E-state index contributed by atoms with van der Waals surface area (Å²) < 4.78 is 23.7. The first-order valence-corrected chi connectivity index (χ1v) is 43.8. The Labute approximate surface area is 759 Å². The van der Waals surface area contributed by atoms with E-state index in [0.29, 0.717) is 23.3 Å². The number of thiophene rings is 1. The van der Waals surface area contributed by atoms with Gasteiger partial charge in [0.25, 0.3) is 0 Å². The summed E-state index contributed by atoms with van der Waals surface area (Å²) in [7, 11) is -3.58. The molecule has 10 atom stereocenters. The minimum atomic E-state index is -3.58. The molecule has 44 nitrogen and oxygen atoms in total. The van der Waals surface area contributed by atoms with Crippen molar-refractivity contribution in [3.05, 3.63) is 58.3 Å². The van der Waals surface area contributed by atoms with Crippen molar-refractivity contribution in [2.75, 3.05) is 123 Å². The van der Waals surface area contributed by atoms with Crippen molar-refractivity contribution in [3.8, 4) is 0 Å². The van der Waals surface area contributed by atoms with Gasteiger partial charge in [0.15, 0.2) is 5.96 Å². The van der Waals surface area contributed by atoms with Gasteiger partial charge >= 0.3 is 0 Å². The molecule has 5 rings (SSSR count). The maximum absolute atomic E-state index is 15.0. The van der Waals surface area contributed by atoms with E-state index in [1.165, 1.54) is 35.8 Å². The Bertz CT molecular complexity index is 4060. The predicted molar refractivity (Wildman–Crippen MR) is 440 cm³/mol. The third-order valence-corrected chi connectivity index (χ3v) is 22.4. The summed E-state index contributed by atoms with van der Waals surface area (Å²) in [5.74, 6) is -17.7. The standard InChI is InChI=1S/C77H122N22O22S2.Ac/c1-47(2)39-55(71(114)88-50(67(81)110)24-38-123(3,120)121)87-62(102)42-85-68(111)57(41-49-15-12-37-122-49)93-72(115)56(40-48-13-5-4-6-14-48)92-70(113)51(20-22-60(79)100)89-69(112)52(21-23-61(80)101)90-73(116)58-18-10-28-99(58)76(119)54(16-7-8-25-78)91-74(117)59-19-11-27-98(59)75(118)53(17-9-26-84-77(82)83)86-63(103)43-94-29-31-95(44-64(104)105)33-35-97(46-66(108)109)36-34-96(32-30-94)45-65(106)107;/h4-6,12-15,37,47,50-59H,7-11,16-36,38-46,78H2,1-3H3,(H2,79,100)(H2,80,101)(H2,81,110)(H,85,111)(H,86,103)(H,87,102)(H,88,114)(H,89,112)(H,90,116)(H,91,117)(H,92,113)(H,93,115)(H,104,105)(H,106,107)(H,108,109)(H4,82,83,84);/p-3/t50-,51-,52-,53-,54-,55-,56-,57-,58-,59-;/m0./s1. The van der Waals surface area contributed by atoms with E-state index in [1.54, 1.807) is 66.6 Å². The van der Waals surface area contributed by atoms with Crippen molar-refractivity contribution in [1.29, 1.82) is 0 Å². The average molecular weight is 2000 g/mol. The molecule has 3 aliphatic rings. The van der Waals surface area contributed by atoms with Crippen molar-refractivity contribution < 1.29 is 149 Å². The second-order valence-corrected chi connectivity index (χ2v) is 34.4. The number of hydrogen-bond donors (Lipinski definition) is 15. The summed E-state index contributed by atoms with van der Waals surface area (Å²) in [6.45, 7) is 1.13. The summed E-state index contributed by atoms with van der Waals surface area (Å²) in [4.78, 5) is 245. The fourth-order valence-corrected chi connectivity index (χ4v) is 15.6. The van der Waals surface area contributed by atoms with E-state index in [1.807, 2.05) is 0 Å². The molecular formula is C77H119AcN22O22S2-3. The van der Waals surface area contributed by atoms with Crippen LogP contribution in [-0.2, 0) is 104 Å².